The zero-order chi connectivity index (χ0) is 13.0. The first-order valence-corrected chi connectivity index (χ1v) is 6.28. The number of aromatic nitrogens is 3. The standard InChI is InChI=1S/C11H13N5OS/c1-7-2-3-8(12)4-9(7)15-10(17)5-18-11-13-6-14-16-11/h2-4,6H,5,12H2,1H3,(H,15,17)(H,13,14,16). The van der Waals surface area contributed by atoms with Crippen molar-refractivity contribution in [1.29, 1.82) is 0 Å². The highest BCUT2D eigenvalue weighted by Crippen LogP contribution is 2.19. The summed E-state index contributed by atoms with van der Waals surface area (Å²) in [6.07, 6.45) is 1.41. The topological polar surface area (TPSA) is 96.7 Å². The smallest absolute Gasteiger partial charge is 0.234 e. The number of anilines is 2. The van der Waals surface area contributed by atoms with E-state index in [1.807, 2.05) is 13.0 Å². The van der Waals surface area contributed by atoms with Crippen LogP contribution in [-0.4, -0.2) is 26.8 Å². The van der Waals surface area contributed by atoms with Crippen molar-refractivity contribution in [2.45, 2.75) is 12.1 Å². The van der Waals surface area contributed by atoms with E-state index >= 15 is 0 Å². The minimum atomic E-state index is -0.106. The quantitative estimate of drug-likeness (QED) is 0.572. The molecular weight excluding hydrogens is 250 g/mol. The van der Waals surface area contributed by atoms with Gasteiger partial charge >= 0.3 is 0 Å². The van der Waals surface area contributed by atoms with Gasteiger partial charge in [0.15, 0.2) is 5.16 Å². The molecule has 4 N–H and O–H groups in total. The zero-order valence-corrected chi connectivity index (χ0v) is 10.6. The molecule has 2 aromatic rings. The second-order valence-corrected chi connectivity index (χ2v) is 4.67. The first-order chi connectivity index (χ1) is 8.65. The molecule has 0 bridgehead atoms. The van der Waals surface area contributed by atoms with Crippen LogP contribution >= 0.6 is 11.8 Å². The molecule has 6 nitrogen and oxygen atoms in total. The van der Waals surface area contributed by atoms with E-state index in [4.69, 9.17) is 5.73 Å². The number of aromatic amines is 1. The number of hydrogen-bond acceptors (Lipinski definition) is 5. The molecule has 0 spiro atoms. The minimum absolute atomic E-state index is 0.106. The number of thioether (sulfide) groups is 1. The Balaban J connectivity index is 1.92. The minimum Gasteiger partial charge on any atom is -0.399 e. The van der Waals surface area contributed by atoms with Crippen molar-refractivity contribution in [3.05, 3.63) is 30.1 Å². The fourth-order valence-electron chi connectivity index (χ4n) is 1.36. The second kappa shape index (κ2) is 5.54. The molecule has 7 heteroatoms. The molecule has 0 saturated carbocycles. The highest BCUT2D eigenvalue weighted by atomic mass is 32.2. The third-order valence-corrected chi connectivity index (χ3v) is 3.15. The van der Waals surface area contributed by atoms with Crippen LogP contribution in [0.25, 0.3) is 0 Å². The molecule has 2 rings (SSSR count). The van der Waals surface area contributed by atoms with Crippen LogP contribution in [0.2, 0.25) is 0 Å². The van der Waals surface area contributed by atoms with Crippen molar-refractivity contribution >= 4 is 29.0 Å². The Morgan fingerprint density at radius 3 is 3.11 bits per heavy atom. The lowest BCUT2D eigenvalue weighted by Gasteiger charge is -2.08. The van der Waals surface area contributed by atoms with E-state index in [2.05, 4.69) is 20.5 Å². The van der Waals surface area contributed by atoms with E-state index in [1.54, 1.807) is 12.1 Å². The molecule has 0 aliphatic heterocycles. The first kappa shape index (κ1) is 12.4. The zero-order valence-electron chi connectivity index (χ0n) is 9.80. The lowest BCUT2D eigenvalue weighted by molar-refractivity contribution is -0.113. The van der Waals surface area contributed by atoms with Gasteiger partial charge in [-0.3, -0.25) is 9.89 Å². The maximum atomic E-state index is 11.7. The van der Waals surface area contributed by atoms with Crippen LogP contribution in [0.3, 0.4) is 0 Å². The Kier molecular flexibility index (Phi) is 3.83. The number of nitrogens with one attached hydrogen (secondary N) is 2. The first-order valence-electron chi connectivity index (χ1n) is 5.29. The van der Waals surface area contributed by atoms with Crippen LogP contribution < -0.4 is 11.1 Å². The number of aryl methyl sites for hydroxylation is 1. The number of carbonyl (C=O) groups is 1. The average molecular weight is 263 g/mol. The van der Waals surface area contributed by atoms with Gasteiger partial charge in [0.05, 0.1) is 5.75 Å². The lowest BCUT2D eigenvalue weighted by atomic mass is 10.2. The van der Waals surface area contributed by atoms with E-state index in [1.165, 1.54) is 18.1 Å². The summed E-state index contributed by atoms with van der Waals surface area (Å²) in [6, 6.07) is 5.41. The molecule has 0 aliphatic rings. The third-order valence-electron chi connectivity index (χ3n) is 2.27. The highest BCUT2D eigenvalue weighted by Gasteiger charge is 2.07. The van der Waals surface area contributed by atoms with E-state index in [9.17, 15) is 4.79 Å². The average Bonchev–Trinajstić information content (AvgIpc) is 2.84. The van der Waals surface area contributed by atoms with Gasteiger partial charge in [0.1, 0.15) is 6.33 Å². The number of nitrogens with zero attached hydrogens (tertiary/aromatic N) is 2. The van der Waals surface area contributed by atoms with Crippen molar-refractivity contribution in [2.75, 3.05) is 16.8 Å². The van der Waals surface area contributed by atoms with Gasteiger partial charge in [-0.25, -0.2) is 4.98 Å². The normalized spacial score (nSPS) is 10.3. The van der Waals surface area contributed by atoms with Crippen molar-refractivity contribution < 1.29 is 4.79 Å². The SMILES string of the molecule is Cc1ccc(N)cc1NC(=O)CSc1ncn[nH]1. The third kappa shape index (κ3) is 3.24. The summed E-state index contributed by atoms with van der Waals surface area (Å²) in [7, 11) is 0. The van der Waals surface area contributed by atoms with Crippen molar-refractivity contribution in [1.82, 2.24) is 15.2 Å². The summed E-state index contributed by atoms with van der Waals surface area (Å²) in [5, 5.41) is 9.81. The van der Waals surface area contributed by atoms with Gasteiger partial charge in [-0.05, 0) is 24.6 Å². The predicted molar refractivity (Wildman–Crippen MR) is 71.3 cm³/mol. The number of rotatable bonds is 4. The monoisotopic (exact) mass is 263 g/mol. The summed E-state index contributed by atoms with van der Waals surface area (Å²) >= 11 is 1.29. The van der Waals surface area contributed by atoms with Gasteiger partial charge < -0.3 is 11.1 Å². The fourth-order valence-corrected chi connectivity index (χ4v) is 1.94. The Bertz CT molecular complexity index is 540. The highest BCUT2D eigenvalue weighted by molar-refractivity contribution is 7.99. The molecule has 1 heterocycles. The Hall–Kier alpha value is -2.02. The molecule has 1 aromatic heterocycles. The molecule has 1 amide bonds. The summed E-state index contributed by atoms with van der Waals surface area (Å²) in [6.45, 7) is 1.92. The Labute approximate surface area is 108 Å². The van der Waals surface area contributed by atoms with Crippen LogP contribution in [0.4, 0.5) is 11.4 Å². The number of H-pyrrole nitrogens is 1. The number of nitrogen functional groups attached to an aromatic ring is 1. The second-order valence-electron chi connectivity index (χ2n) is 3.70. The maximum Gasteiger partial charge on any atom is 0.234 e. The number of amides is 1. The molecule has 0 radical (unpaired) electrons. The Morgan fingerprint density at radius 1 is 1.56 bits per heavy atom. The molecule has 0 saturated heterocycles. The van der Waals surface area contributed by atoms with Gasteiger partial charge in [-0.1, -0.05) is 17.8 Å². The number of carbonyl (C=O) groups excluding carboxylic acids is 1. The number of hydrogen-bond donors (Lipinski definition) is 3. The van der Waals surface area contributed by atoms with E-state index in [0.717, 1.165) is 11.3 Å². The predicted octanol–water partition coefficient (Wildman–Crippen LogP) is 1.43. The van der Waals surface area contributed by atoms with E-state index in [0.29, 0.717) is 10.8 Å². The molecular formula is C11H13N5OS. The van der Waals surface area contributed by atoms with E-state index in [-0.39, 0.29) is 11.7 Å². The van der Waals surface area contributed by atoms with Crippen molar-refractivity contribution in [2.24, 2.45) is 0 Å². The molecule has 0 atom stereocenters. The van der Waals surface area contributed by atoms with E-state index < -0.39 is 0 Å². The molecule has 94 valence electrons. The molecule has 18 heavy (non-hydrogen) atoms. The van der Waals surface area contributed by atoms with Crippen LogP contribution in [-0.2, 0) is 4.79 Å². The van der Waals surface area contributed by atoms with Crippen LogP contribution in [0.5, 0.6) is 0 Å². The Morgan fingerprint density at radius 2 is 2.39 bits per heavy atom. The summed E-state index contributed by atoms with van der Waals surface area (Å²) in [4.78, 5) is 15.7. The molecule has 0 unspecified atom stereocenters. The summed E-state index contributed by atoms with van der Waals surface area (Å²) in [5.41, 5.74) is 8.01. The van der Waals surface area contributed by atoms with Crippen LogP contribution in [0.1, 0.15) is 5.56 Å². The molecule has 1 aromatic carbocycles. The molecule has 0 fully saturated rings. The lowest BCUT2D eigenvalue weighted by Crippen LogP contribution is -2.15. The van der Waals surface area contributed by atoms with Gasteiger partial charge in [0.25, 0.3) is 0 Å². The van der Waals surface area contributed by atoms with Gasteiger partial charge in [0.2, 0.25) is 5.91 Å². The maximum absolute atomic E-state index is 11.7. The van der Waals surface area contributed by atoms with Crippen LogP contribution in [0.15, 0.2) is 29.7 Å². The largest absolute Gasteiger partial charge is 0.399 e. The number of nitrogens with two attached hydrogens (primary N) is 1. The van der Waals surface area contributed by atoms with Crippen molar-refractivity contribution in [3.63, 3.8) is 0 Å². The molecule has 0 aliphatic carbocycles. The van der Waals surface area contributed by atoms with Gasteiger partial charge in [-0.15, -0.1) is 0 Å². The van der Waals surface area contributed by atoms with Crippen molar-refractivity contribution in [3.8, 4) is 0 Å². The summed E-state index contributed by atoms with van der Waals surface area (Å²) in [5.74, 6) is 0.161. The van der Waals surface area contributed by atoms with Gasteiger partial charge in [-0.2, -0.15) is 5.10 Å². The van der Waals surface area contributed by atoms with Gasteiger partial charge in [0, 0.05) is 11.4 Å². The fraction of sp³-hybridized carbons (Fsp3) is 0.182. The van der Waals surface area contributed by atoms with Crippen LogP contribution in [0, 0.1) is 6.92 Å². The summed E-state index contributed by atoms with van der Waals surface area (Å²) < 4.78 is 0. The number of benzene rings is 1.